The molecule has 0 aromatic heterocycles. The Morgan fingerprint density at radius 3 is 2.50 bits per heavy atom. The molecule has 3 aliphatic heterocycles. The van der Waals surface area contributed by atoms with Crippen LogP contribution in [0.15, 0.2) is 42.1 Å². The van der Waals surface area contributed by atoms with Crippen LogP contribution in [0.25, 0.3) is 0 Å². The Kier molecular flexibility index (Phi) is 2.59. The minimum absolute atomic E-state index is 0.228. The van der Waals surface area contributed by atoms with E-state index in [1.54, 1.807) is 9.91 Å². The predicted octanol–water partition coefficient (Wildman–Crippen LogP) is 3.43. The van der Waals surface area contributed by atoms with E-state index < -0.39 is 12.5 Å². The molecule has 3 aliphatic rings. The van der Waals surface area contributed by atoms with E-state index in [2.05, 4.69) is 0 Å². The molecule has 0 spiro atoms. The average molecular weight is 305 g/mol. The van der Waals surface area contributed by atoms with Gasteiger partial charge >= 0.3 is 6.03 Å². The lowest BCUT2D eigenvalue weighted by atomic mass is 9.90. The van der Waals surface area contributed by atoms with Gasteiger partial charge in [0.05, 0.1) is 0 Å². The Hall–Kier alpha value is -2.11. The number of carbonyl (C=O) groups is 1. The van der Waals surface area contributed by atoms with Crippen molar-refractivity contribution >= 4 is 11.7 Å². The fourth-order valence-corrected chi connectivity index (χ4v) is 3.84. The maximum Gasteiger partial charge on any atom is 0.345 e. The van der Waals surface area contributed by atoms with Gasteiger partial charge < -0.3 is 0 Å². The Balaban J connectivity index is 1.83. The van der Waals surface area contributed by atoms with Crippen LogP contribution in [0.2, 0.25) is 0 Å². The number of halogens is 2. The van der Waals surface area contributed by atoms with Crippen molar-refractivity contribution in [3.63, 3.8) is 0 Å². The van der Waals surface area contributed by atoms with Gasteiger partial charge in [-0.25, -0.2) is 18.6 Å². The van der Waals surface area contributed by atoms with Gasteiger partial charge in [0.1, 0.15) is 12.2 Å². The van der Waals surface area contributed by atoms with Gasteiger partial charge in [-0.2, -0.15) is 0 Å². The van der Waals surface area contributed by atoms with Crippen LogP contribution >= 0.6 is 0 Å². The first-order valence-corrected chi connectivity index (χ1v) is 7.38. The van der Waals surface area contributed by atoms with Crippen molar-refractivity contribution in [1.82, 2.24) is 10.0 Å². The van der Waals surface area contributed by atoms with Crippen LogP contribution in [0.4, 0.5) is 19.3 Å². The molecule has 4 rings (SSSR count). The average Bonchev–Trinajstić information content (AvgIpc) is 3.04. The van der Waals surface area contributed by atoms with Gasteiger partial charge in [-0.15, -0.1) is 0 Å². The summed E-state index contributed by atoms with van der Waals surface area (Å²) in [5.41, 5.74) is 1.28. The molecule has 2 amide bonds. The largest absolute Gasteiger partial charge is 0.345 e. The normalized spacial score (nSPS) is 28.7. The van der Waals surface area contributed by atoms with E-state index >= 15 is 0 Å². The molecular formula is C16H17F2N3O. The summed E-state index contributed by atoms with van der Waals surface area (Å²) < 4.78 is 26.7. The number of hydrogen-bond donors (Lipinski definition) is 0. The third-order valence-electron chi connectivity index (χ3n) is 4.67. The molecule has 116 valence electrons. The summed E-state index contributed by atoms with van der Waals surface area (Å²) in [5.74, 6) is 0. The molecule has 1 aromatic carbocycles. The standard InChI is InChI=1S/C16H17F2N3O/c1-16(2)9-11-8-12(13(17)18)21-15(22)19(14(16)20(11)21)10-6-4-3-5-7-10/h3-7,9,12-14H,8H2,1-2H3/t12-,14-/m0/s1. The first-order valence-electron chi connectivity index (χ1n) is 7.38. The molecule has 0 bridgehead atoms. The molecule has 4 nitrogen and oxygen atoms in total. The van der Waals surface area contributed by atoms with Crippen molar-refractivity contribution in [2.24, 2.45) is 5.41 Å². The summed E-state index contributed by atoms with van der Waals surface area (Å²) in [6, 6.07) is 7.82. The van der Waals surface area contributed by atoms with E-state index in [1.165, 1.54) is 5.01 Å². The second-order valence-electron chi connectivity index (χ2n) is 6.61. The molecule has 2 saturated heterocycles. The second-order valence-corrected chi connectivity index (χ2v) is 6.61. The van der Waals surface area contributed by atoms with Crippen LogP contribution in [0, 0.1) is 5.41 Å². The monoisotopic (exact) mass is 305 g/mol. The molecule has 22 heavy (non-hydrogen) atoms. The third-order valence-corrected chi connectivity index (χ3v) is 4.67. The van der Waals surface area contributed by atoms with E-state index in [1.807, 2.05) is 50.3 Å². The summed E-state index contributed by atoms with van der Waals surface area (Å²) in [6.07, 6.45) is -0.572. The second kappa shape index (κ2) is 4.21. The van der Waals surface area contributed by atoms with Crippen LogP contribution in [0.5, 0.6) is 0 Å². The molecule has 0 N–H and O–H groups in total. The van der Waals surface area contributed by atoms with Crippen molar-refractivity contribution < 1.29 is 13.6 Å². The molecule has 2 fully saturated rings. The highest BCUT2D eigenvalue weighted by Gasteiger charge is 2.62. The van der Waals surface area contributed by atoms with Gasteiger partial charge in [-0.1, -0.05) is 38.1 Å². The van der Waals surface area contributed by atoms with E-state index in [9.17, 15) is 13.6 Å². The quantitative estimate of drug-likeness (QED) is 0.837. The number of carbonyl (C=O) groups excluding carboxylic acids is 1. The van der Waals surface area contributed by atoms with Crippen LogP contribution in [-0.2, 0) is 0 Å². The maximum atomic E-state index is 13.3. The zero-order chi connectivity index (χ0) is 15.6. The fraction of sp³-hybridized carbons (Fsp3) is 0.438. The first kappa shape index (κ1) is 13.5. The number of hydrazine groups is 1. The van der Waals surface area contributed by atoms with E-state index in [0.717, 1.165) is 11.4 Å². The minimum Gasteiger partial charge on any atom is -0.269 e. The van der Waals surface area contributed by atoms with Crippen molar-refractivity contribution in [3.8, 4) is 0 Å². The number of alkyl halides is 2. The third kappa shape index (κ3) is 1.58. The SMILES string of the molecule is CC1(C)C=C2C[C@@H](C(F)F)N3C(=O)N(c4ccccc4)[C@H]1N23. The van der Waals surface area contributed by atoms with E-state index in [-0.39, 0.29) is 24.0 Å². The smallest absolute Gasteiger partial charge is 0.269 e. The lowest BCUT2D eigenvalue weighted by Crippen LogP contribution is -2.44. The van der Waals surface area contributed by atoms with E-state index in [0.29, 0.717) is 0 Å². The molecule has 3 heterocycles. The summed E-state index contributed by atoms with van der Waals surface area (Å²) in [6.45, 7) is 4.07. The zero-order valence-electron chi connectivity index (χ0n) is 12.4. The number of benzene rings is 1. The lowest BCUT2D eigenvalue weighted by molar-refractivity contribution is -0.0113. The van der Waals surface area contributed by atoms with E-state index in [4.69, 9.17) is 0 Å². The highest BCUT2D eigenvalue weighted by atomic mass is 19.3. The van der Waals surface area contributed by atoms with Gasteiger partial charge in [0, 0.05) is 23.2 Å². The van der Waals surface area contributed by atoms with Gasteiger partial charge in [0.25, 0.3) is 6.43 Å². The zero-order valence-corrected chi connectivity index (χ0v) is 12.4. The van der Waals surface area contributed by atoms with Crippen LogP contribution < -0.4 is 4.90 Å². The number of amides is 2. The van der Waals surface area contributed by atoms with Gasteiger partial charge in [-0.05, 0) is 12.1 Å². The summed E-state index contributed by atoms with van der Waals surface area (Å²) in [4.78, 5) is 14.5. The Morgan fingerprint density at radius 2 is 1.86 bits per heavy atom. The van der Waals surface area contributed by atoms with Gasteiger partial charge in [0.2, 0.25) is 0 Å². The van der Waals surface area contributed by atoms with Crippen LogP contribution in [-0.4, -0.2) is 34.7 Å². The Morgan fingerprint density at radius 1 is 1.18 bits per heavy atom. The number of nitrogens with zero attached hydrogens (tertiary/aromatic N) is 3. The van der Waals surface area contributed by atoms with Crippen molar-refractivity contribution in [2.45, 2.75) is 38.9 Å². The van der Waals surface area contributed by atoms with Crippen molar-refractivity contribution in [1.29, 1.82) is 0 Å². The molecule has 0 radical (unpaired) electrons. The number of urea groups is 1. The molecule has 2 atom stereocenters. The molecule has 6 heteroatoms. The van der Waals surface area contributed by atoms with Crippen molar-refractivity contribution in [2.75, 3.05) is 4.90 Å². The highest BCUT2D eigenvalue weighted by molar-refractivity contribution is 5.95. The summed E-state index contributed by atoms with van der Waals surface area (Å²) >= 11 is 0. The van der Waals surface area contributed by atoms with Crippen LogP contribution in [0.3, 0.4) is 0 Å². The number of rotatable bonds is 2. The lowest BCUT2D eigenvalue weighted by Gasteiger charge is -2.33. The first-order chi connectivity index (χ1) is 10.4. The summed E-state index contributed by atoms with van der Waals surface area (Å²) in [5, 5.41) is 3.02. The summed E-state index contributed by atoms with van der Waals surface area (Å²) in [7, 11) is 0. The van der Waals surface area contributed by atoms with Crippen molar-refractivity contribution in [3.05, 3.63) is 42.1 Å². The molecule has 0 saturated carbocycles. The molecule has 0 unspecified atom stereocenters. The maximum absolute atomic E-state index is 13.3. The van der Waals surface area contributed by atoms with Gasteiger partial charge in [0.15, 0.2) is 0 Å². The Labute approximate surface area is 127 Å². The number of para-hydroxylation sites is 1. The highest BCUT2D eigenvalue weighted by Crippen LogP contribution is 2.52. The molecule has 1 aromatic rings. The molecular weight excluding hydrogens is 288 g/mol. The van der Waals surface area contributed by atoms with Gasteiger partial charge in [-0.3, -0.25) is 9.91 Å². The Bertz CT molecular complexity index is 659. The predicted molar refractivity (Wildman–Crippen MR) is 78.1 cm³/mol. The van der Waals surface area contributed by atoms with Crippen LogP contribution in [0.1, 0.15) is 20.3 Å². The topological polar surface area (TPSA) is 26.8 Å². The number of hydrogen-bond acceptors (Lipinski definition) is 2. The number of anilines is 1. The molecule has 0 aliphatic carbocycles. The minimum atomic E-state index is -2.55. The fourth-order valence-electron chi connectivity index (χ4n) is 3.84.